The summed E-state index contributed by atoms with van der Waals surface area (Å²) in [7, 11) is 0. The van der Waals surface area contributed by atoms with E-state index in [1.165, 1.54) is 133 Å². The van der Waals surface area contributed by atoms with Gasteiger partial charge in [0.25, 0.3) is 0 Å². The van der Waals surface area contributed by atoms with Crippen molar-refractivity contribution < 1.29 is 5.11 Å². The lowest BCUT2D eigenvalue weighted by Gasteiger charge is -2.21. The molecule has 0 spiro atoms. The van der Waals surface area contributed by atoms with Crippen LogP contribution in [0.1, 0.15) is 159 Å². The van der Waals surface area contributed by atoms with Crippen molar-refractivity contribution in [3.8, 4) is 5.75 Å². The molecular weight excluding hydrogens is 388 g/mol. The molecule has 0 aliphatic carbocycles. The zero-order valence-corrected chi connectivity index (χ0v) is 22.4. The smallest absolute Gasteiger partial charge is 0.119 e. The second-order valence-corrected chi connectivity index (χ2v) is 10.1. The van der Waals surface area contributed by atoms with E-state index in [0.29, 0.717) is 5.75 Å². The Labute approximate surface area is 201 Å². The Morgan fingerprint density at radius 1 is 0.438 bits per heavy atom. The fourth-order valence-electron chi connectivity index (χ4n) is 5.07. The Bertz CT molecular complexity index is 574. The second-order valence-electron chi connectivity index (χ2n) is 10.1. The third-order valence-electron chi connectivity index (χ3n) is 7.13. The molecule has 0 amide bonds. The number of rotatable bonds is 21. The van der Waals surface area contributed by atoms with E-state index in [2.05, 4.69) is 33.8 Å². The van der Waals surface area contributed by atoms with E-state index in [4.69, 9.17) is 0 Å². The summed E-state index contributed by atoms with van der Waals surface area (Å²) < 4.78 is 0. The van der Waals surface area contributed by atoms with Gasteiger partial charge >= 0.3 is 0 Å². The van der Waals surface area contributed by atoms with E-state index < -0.39 is 0 Å². The van der Waals surface area contributed by atoms with Crippen molar-refractivity contribution in [2.75, 3.05) is 0 Å². The number of hydrogen-bond acceptors (Lipinski definition) is 1. The van der Waals surface area contributed by atoms with Crippen LogP contribution < -0.4 is 0 Å². The molecule has 0 aliphatic rings. The van der Waals surface area contributed by atoms with Gasteiger partial charge in [0.1, 0.15) is 5.75 Å². The van der Waals surface area contributed by atoms with Gasteiger partial charge in [-0.25, -0.2) is 0 Å². The molecule has 0 fully saturated rings. The summed E-state index contributed by atoms with van der Waals surface area (Å²) in [5.74, 6) is 0.597. The zero-order chi connectivity index (χ0) is 23.4. The van der Waals surface area contributed by atoms with Crippen molar-refractivity contribution in [3.63, 3.8) is 0 Å². The Morgan fingerprint density at radius 2 is 0.844 bits per heavy atom. The topological polar surface area (TPSA) is 20.2 Å². The third-order valence-corrected chi connectivity index (χ3v) is 7.13. The standard InChI is InChI=1S/C31H56O/c1-5-9-13-16-19-22-27-26-31(32)30(23-12-8-4)29(25-21-18-15-11-7-3)28(27)24-20-17-14-10-6-2/h26,32H,5-25H2,1-4H3. The van der Waals surface area contributed by atoms with Gasteiger partial charge in [0, 0.05) is 0 Å². The van der Waals surface area contributed by atoms with Crippen molar-refractivity contribution in [2.45, 2.75) is 163 Å². The highest BCUT2D eigenvalue weighted by atomic mass is 16.3. The second kappa shape index (κ2) is 19.5. The summed E-state index contributed by atoms with van der Waals surface area (Å²) in [5.41, 5.74) is 5.95. The molecule has 0 saturated carbocycles. The summed E-state index contributed by atoms with van der Waals surface area (Å²) in [4.78, 5) is 0. The van der Waals surface area contributed by atoms with Crippen molar-refractivity contribution >= 4 is 0 Å². The minimum Gasteiger partial charge on any atom is -0.508 e. The van der Waals surface area contributed by atoms with Crippen LogP contribution in [0.25, 0.3) is 0 Å². The first-order valence-corrected chi connectivity index (χ1v) is 14.5. The van der Waals surface area contributed by atoms with E-state index in [9.17, 15) is 5.11 Å². The molecule has 1 N–H and O–H groups in total. The van der Waals surface area contributed by atoms with Crippen LogP contribution in [0.3, 0.4) is 0 Å². The summed E-state index contributed by atoms with van der Waals surface area (Å²) in [5, 5.41) is 11.0. The molecule has 0 radical (unpaired) electrons. The predicted molar refractivity (Wildman–Crippen MR) is 144 cm³/mol. The molecular formula is C31H56O. The van der Waals surface area contributed by atoms with Crippen LogP contribution in [0.5, 0.6) is 5.75 Å². The van der Waals surface area contributed by atoms with E-state index in [0.717, 1.165) is 12.8 Å². The lowest BCUT2D eigenvalue weighted by Crippen LogP contribution is -2.07. The van der Waals surface area contributed by atoms with Crippen molar-refractivity contribution in [1.29, 1.82) is 0 Å². The number of aromatic hydroxyl groups is 1. The van der Waals surface area contributed by atoms with E-state index in [1.54, 1.807) is 11.1 Å². The Morgan fingerprint density at radius 3 is 1.34 bits per heavy atom. The minimum atomic E-state index is 0.597. The molecule has 1 heteroatoms. The molecule has 0 saturated heterocycles. The molecule has 0 aromatic heterocycles. The first-order chi connectivity index (χ1) is 15.7. The van der Waals surface area contributed by atoms with Gasteiger partial charge in [-0.2, -0.15) is 0 Å². The maximum atomic E-state index is 11.0. The molecule has 1 rings (SSSR count). The highest BCUT2D eigenvalue weighted by Gasteiger charge is 2.17. The highest BCUT2D eigenvalue weighted by molar-refractivity contribution is 5.50. The molecule has 0 unspecified atom stereocenters. The molecule has 0 atom stereocenters. The first kappa shape index (κ1) is 29.1. The van der Waals surface area contributed by atoms with Gasteiger partial charge in [-0.15, -0.1) is 0 Å². The average Bonchev–Trinajstić information content (AvgIpc) is 2.79. The predicted octanol–water partition coefficient (Wildman–Crippen LogP) is 10.3. The lowest BCUT2D eigenvalue weighted by atomic mass is 9.85. The van der Waals surface area contributed by atoms with Crippen LogP contribution in [0, 0.1) is 0 Å². The van der Waals surface area contributed by atoms with Gasteiger partial charge in [-0.1, -0.05) is 111 Å². The zero-order valence-electron chi connectivity index (χ0n) is 22.4. The monoisotopic (exact) mass is 444 g/mol. The van der Waals surface area contributed by atoms with Crippen LogP contribution in [-0.4, -0.2) is 5.11 Å². The normalized spacial score (nSPS) is 11.4. The summed E-state index contributed by atoms with van der Waals surface area (Å²) in [6, 6.07) is 2.17. The fraction of sp³-hybridized carbons (Fsp3) is 0.806. The van der Waals surface area contributed by atoms with E-state index in [-0.39, 0.29) is 0 Å². The Hall–Kier alpha value is -0.980. The van der Waals surface area contributed by atoms with Crippen molar-refractivity contribution in [2.24, 2.45) is 0 Å². The van der Waals surface area contributed by atoms with Crippen LogP contribution in [0.15, 0.2) is 6.07 Å². The van der Waals surface area contributed by atoms with Crippen LogP contribution in [-0.2, 0) is 25.7 Å². The molecule has 32 heavy (non-hydrogen) atoms. The molecule has 1 aromatic rings. The molecule has 0 aliphatic heterocycles. The SMILES string of the molecule is CCCCCCCc1cc(O)c(CCCC)c(CCCCCCC)c1CCCCCCC. The Balaban J connectivity index is 3.05. The van der Waals surface area contributed by atoms with Crippen molar-refractivity contribution in [3.05, 3.63) is 28.3 Å². The maximum absolute atomic E-state index is 11.0. The largest absolute Gasteiger partial charge is 0.508 e. The number of unbranched alkanes of at least 4 members (excludes halogenated alkanes) is 13. The fourth-order valence-corrected chi connectivity index (χ4v) is 5.07. The quantitative estimate of drug-likeness (QED) is 0.187. The summed E-state index contributed by atoms with van der Waals surface area (Å²) in [6.07, 6.45) is 26.9. The highest BCUT2D eigenvalue weighted by Crippen LogP contribution is 2.33. The van der Waals surface area contributed by atoms with E-state index >= 15 is 0 Å². The van der Waals surface area contributed by atoms with Gasteiger partial charge in [0.05, 0.1) is 0 Å². The van der Waals surface area contributed by atoms with Crippen LogP contribution in [0.2, 0.25) is 0 Å². The first-order valence-electron chi connectivity index (χ1n) is 14.5. The molecule has 1 aromatic carbocycles. The van der Waals surface area contributed by atoms with E-state index in [1.807, 2.05) is 0 Å². The Kier molecular flexibility index (Phi) is 17.7. The summed E-state index contributed by atoms with van der Waals surface area (Å²) in [6.45, 7) is 9.14. The van der Waals surface area contributed by atoms with Gasteiger partial charge in [-0.3, -0.25) is 0 Å². The number of benzene rings is 1. The minimum absolute atomic E-state index is 0.597. The summed E-state index contributed by atoms with van der Waals surface area (Å²) >= 11 is 0. The number of hydrogen-bond donors (Lipinski definition) is 1. The van der Waals surface area contributed by atoms with Crippen LogP contribution in [0.4, 0.5) is 0 Å². The number of aryl methyl sites for hydroxylation is 1. The van der Waals surface area contributed by atoms with Gasteiger partial charge < -0.3 is 5.11 Å². The molecule has 0 bridgehead atoms. The maximum Gasteiger partial charge on any atom is 0.119 e. The lowest BCUT2D eigenvalue weighted by molar-refractivity contribution is 0.463. The van der Waals surface area contributed by atoms with Gasteiger partial charge in [0.15, 0.2) is 0 Å². The van der Waals surface area contributed by atoms with Gasteiger partial charge in [0.2, 0.25) is 0 Å². The third kappa shape index (κ3) is 11.8. The average molecular weight is 445 g/mol. The van der Waals surface area contributed by atoms with Crippen molar-refractivity contribution in [1.82, 2.24) is 0 Å². The molecule has 0 heterocycles. The number of phenolic OH excluding ortho intramolecular Hbond substituents is 1. The number of phenols is 1. The van der Waals surface area contributed by atoms with Gasteiger partial charge in [-0.05, 0) is 79.7 Å². The molecule has 186 valence electrons. The van der Waals surface area contributed by atoms with Crippen LogP contribution >= 0.6 is 0 Å². The molecule has 1 nitrogen and oxygen atoms in total.